The summed E-state index contributed by atoms with van der Waals surface area (Å²) in [6.07, 6.45) is 3.49. The van der Waals surface area contributed by atoms with Crippen LogP contribution in [-0.2, 0) is 27.2 Å². The molecule has 0 radical (unpaired) electrons. The number of nitrogens with zero attached hydrogens (tertiary/aromatic N) is 1. The molecule has 1 aromatic carbocycles. The van der Waals surface area contributed by atoms with E-state index < -0.39 is 12.0 Å². The highest BCUT2D eigenvalue weighted by Crippen LogP contribution is 2.30. The third-order valence-electron chi connectivity index (χ3n) is 5.14. The number of benzene rings is 1. The van der Waals surface area contributed by atoms with E-state index >= 15 is 0 Å². The van der Waals surface area contributed by atoms with Crippen molar-refractivity contribution in [3.05, 3.63) is 29.3 Å². The Balaban J connectivity index is 1.61. The third-order valence-corrected chi connectivity index (χ3v) is 5.14. The summed E-state index contributed by atoms with van der Waals surface area (Å²) >= 11 is 0. The molecule has 1 heterocycles. The Morgan fingerprint density at radius 1 is 1.19 bits per heavy atom. The van der Waals surface area contributed by atoms with E-state index in [4.69, 9.17) is 0 Å². The summed E-state index contributed by atoms with van der Waals surface area (Å²) in [5, 5.41) is 5.60. The Bertz CT molecular complexity index is 766. The van der Waals surface area contributed by atoms with Crippen molar-refractivity contribution >= 4 is 23.4 Å². The molecular formula is C21H29N3O3. The fourth-order valence-corrected chi connectivity index (χ4v) is 3.73. The molecule has 1 aliphatic carbocycles. The van der Waals surface area contributed by atoms with Crippen LogP contribution in [0.3, 0.4) is 0 Å². The van der Waals surface area contributed by atoms with Gasteiger partial charge >= 0.3 is 0 Å². The van der Waals surface area contributed by atoms with Crippen LogP contribution in [0.2, 0.25) is 0 Å². The van der Waals surface area contributed by atoms with Gasteiger partial charge in [-0.1, -0.05) is 6.07 Å². The Labute approximate surface area is 160 Å². The second-order valence-electron chi connectivity index (χ2n) is 8.68. The van der Waals surface area contributed by atoms with E-state index in [1.807, 2.05) is 26.8 Å². The van der Waals surface area contributed by atoms with Crippen LogP contribution in [0.15, 0.2) is 18.2 Å². The number of rotatable bonds is 4. The maximum atomic E-state index is 12.6. The van der Waals surface area contributed by atoms with Crippen molar-refractivity contribution in [2.75, 3.05) is 11.4 Å². The minimum atomic E-state index is -0.638. The molecule has 0 bridgehead atoms. The molecule has 1 fully saturated rings. The highest BCUT2D eigenvalue weighted by atomic mass is 16.2. The Morgan fingerprint density at radius 3 is 2.59 bits per heavy atom. The van der Waals surface area contributed by atoms with Gasteiger partial charge in [-0.2, -0.15) is 0 Å². The van der Waals surface area contributed by atoms with Crippen molar-refractivity contribution in [3.8, 4) is 0 Å². The molecule has 1 aliphatic heterocycles. The predicted octanol–water partition coefficient (Wildman–Crippen LogP) is 1.95. The number of hydrogen-bond donors (Lipinski definition) is 2. The van der Waals surface area contributed by atoms with Crippen LogP contribution in [0, 0.1) is 5.92 Å². The minimum Gasteiger partial charge on any atom is -0.350 e. The molecule has 6 nitrogen and oxygen atoms in total. The fraction of sp³-hybridized carbons (Fsp3) is 0.571. The molecule has 0 spiro atoms. The summed E-state index contributed by atoms with van der Waals surface area (Å²) in [6.45, 7) is 7.70. The summed E-state index contributed by atoms with van der Waals surface area (Å²) in [7, 11) is 0. The lowest BCUT2D eigenvalue weighted by Gasteiger charge is -2.24. The summed E-state index contributed by atoms with van der Waals surface area (Å²) in [4.78, 5) is 38.9. The molecule has 0 saturated carbocycles. The zero-order valence-electron chi connectivity index (χ0n) is 16.6. The summed E-state index contributed by atoms with van der Waals surface area (Å²) in [5.74, 6) is -0.949. The van der Waals surface area contributed by atoms with Gasteiger partial charge in [-0.25, -0.2) is 0 Å². The molecular weight excluding hydrogens is 342 g/mol. The standard InChI is InChI=1S/C21H29N3O3/c1-13(19(26)23-21(2,3)4)22-20(27)16-11-18(25)24(12-16)17-9-8-14-6-5-7-15(14)10-17/h8-10,13,16H,5-7,11-12H2,1-4H3,(H,22,27)(H,23,26). The first kappa shape index (κ1) is 19.4. The molecule has 2 atom stereocenters. The van der Waals surface area contributed by atoms with Gasteiger partial charge in [-0.3, -0.25) is 14.4 Å². The van der Waals surface area contributed by atoms with Crippen LogP contribution in [0.1, 0.15) is 51.7 Å². The third kappa shape index (κ3) is 4.49. The fourth-order valence-electron chi connectivity index (χ4n) is 3.73. The molecule has 3 rings (SSSR count). The van der Waals surface area contributed by atoms with E-state index in [0.29, 0.717) is 6.54 Å². The number of anilines is 1. The number of hydrogen-bond acceptors (Lipinski definition) is 3. The Morgan fingerprint density at radius 2 is 1.89 bits per heavy atom. The minimum absolute atomic E-state index is 0.0418. The van der Waals surface area contributed by atoms with E-state index in [-0.39, 0.29) is 29.7 Å². The molecule has 27 heavy (non-hydrogen) atoms. The number of nitrogens with one attached hydrogen (secondary N) is 2. The van der Waals surface area contributed by atoms with Gasteiger partial charge in [0, 0.05) is 24.2 Å². The first-order valence-corrected chi connectivity index (χ1v) is 9.68. The van der Waals surface area contributed by atoms with E-state index in [1.165, 1.54) is 11.1 Å². The monoisotopic (exact) mass is 371 g/mol. The first-order valence-electron chi connectivity index (χ1n) is 9.68. The lowest BCUT2D eigenvalue weighted by molar-refractivity contribution is -0.131. The quantitative estimate of drug-likeness (QED) is 0.849. The first-order chi connectivity index (χ1) is 12.6. The van der Waals surface area contributed by atoms with Gasteiger partial charge in [0.2, 0.25) is 17.7 Å². The average molecular weight is 371 g/mol. The van der Waals surface area contributed by atoms with Crippen LogP contribution in [0.25, 0.3) is 0 Å². The SMILES string of the molecule is CC(NC(=O)C1CC(=O)N(c2ccc3c(c2)CCC3)C1)C(=O)NC(C)(C)C. The highest BCUT2D eigenvalue weighted by Gasteiger charge is 2.36. The topological polar surface area (TPSA) is 78.5 Å². The number of amides is 3. The van der Waals surface area contributed by atoms with E-state index in [0.717, 1.165) is 24.9 Å². The van der Waals surface area contributed by atoms with Crippen molar-refractivity contribution < 1.29 is 14.4 Å². The second kappa shape index (κ2) is 7.33. The lowest BCUT2D eigenvalue weighted by Crippen LogP contribution is -2.52. The Hall–Kier alpha value is -2.37. The van der Waals surface area contributed by atoms with Gasteiger partial charge in [-0.05, 0) is 70.2 Å². The van der Waals surface area contributed by atoms with E-state index in [2.05, 4.69) is 22.8 Å². The van der Waals surface area contributed by atoms with Crippen molar-refractivity contribution in [3.63, 3.8) is 0 Å². The molecule has 2 unspecified atom stereocenters. The zero-order valence-corrected chi connectivity index (χ0v) is 16.6. The molecule has 1 aromatic rings. The highest BCUT2D eigenvalue weighted by molar-refractivity contribution is 6.01. The lowest BCUT2D eigenvalue weighted by atomic mass is 10.1. The molecule has 6 heteroatoms. The summed E-state index contributed by atoms with van der Waals surface area (Å²) in [5.41, 5.74) is 3.18. The zero-order chi connectivity index (χ0) is 19.8. The van der Waals surface area contributed by atoms with Crippen LogP contribution in [0.5, 0.6) is 0 Å². The Kier molecular flexibility index (Phi) is 5.27. The van der Waals surface area contributed by atoms with Crippen LogP contribution >= 0.6 is 0 Å². The molecule has 0 aromatic heterocycles. The van der Waals surface area contributed by atoms with Crippen molar-refractivity contribution in [2.45, 2.75) is 65.0 Å². The van der Waals surface area contributed by atoms with Gasteiger partial charge in [0.15, 0.2) is 0 Å². The normalized spacial score (nSPS) is 20.4. The van der Waals surface area contributed by atoms with Gasteiger partial charge in [0.05, 0.1) is 5.92 Å². The van der Waals surface area contributed by atoms with Crippen molar-refractivity contribution in [2.24, 2.45) is 5.92 Å². The van der Waals surface area contributed by atoms with Gasteiger partial charge in [0.1, 0.15) is 6.04 Å². The van der Waals surface area contributed by atoms with Crippen molar-refractivity contribution in [1.29, 1.82) is 0 Å². The predicted molar refractivity (Wildman–Crippen MR) is 104 cm³/mol. The van der Waals surface area contributed by atoms with Gasteiger partial charge < -0.3 is 15.5 Å². The number of carbonyl (C=O) groups excluding carboxylic acids is 3. The summed E-state index contributed by atoms with van der Waals surface area (Å²) in [6, 6.07) is 5.51. The smallest absolute Gasteiger partial charge is 0.242 e. The molecule has 1 saturated heterocycles. The van der Waals surface area contributed by atoms with Crippen LogP contribution in [-0.4, -0.2) is 35.8 Å². The number of aryl methyl sites for hydroxylation is 2. The van der Waals surface area contributed by atoms with Crippen LogP contribution in [0.4, 0.5) is 5.69 Å². The van der Waals surface area contributed by atoms with Gasteiger partial charge in [0.25, 0.3) is 0 Å². The maximum absolute atomic E-state index is 12.6. The molecule has 2 aliphatic rings. The van der Waals surface area contributed by atoms with E-state index in [1.54, 1.807) is 11.8 Å². The number of fused-ring (bicyclic) bond motifs is 1. The molecule has 3 amide bonds. The van der Waals surface area contributed by atoms with Crippen LogP contribution < -0.4 is 15.5 Å². The average Bonchev–Trinajstić information content (AvgIpc) is 3.18. The molecule has 146 valence electrons. The number of carbonyl (C=O) groups is 3. The maximum Gasteiger partial charge on any atom is 0.242 e. The molecule has 2 N–H and O–H groups in total. The second-order valence-corrected chi connectivity index (χ2v) is 8.68. The van der Waals surface area contributed by atoms with Crippen molar-refractivity contribution in [1.82, 2.24) is 10.6 Å². The largest absolute Gasteiger partial charge is 0.350 e. The van der Waals surface area contributed by atoms with Gasteiger partial charge in [-0.15, -0.1) is 0 Å². The summed E-state index contributed by atoms with van der Waals surface area (Å²) < 4.78 is 0. The van der Waals surface area contributed by atoms with E-state index in [9.17, 15) is 14.4 Å².